The van der Waals surface area contributed by atoms with Gasteiger partial charge in [0.25, 0.3) is 5.91 Å². The lowest BCUT2D eigenvalue weighted by Gasteiger charge is -2.00. The molecule has 0 saturated heterocycles. The van der Waals surface area contributed by atoms with Crippen LogP contribution in [0.1, 0.15) is 10.5 Å². The van der Waals surface area contributed by atoms with Crippen LogP contribution in [0.3, 0.4) is 0 Å². The minimum absolute atomic E-state index is 0.259. The third-order valence-electron chi connectivity index (χ3n) is 1.67. The highest BCUT2D eigenvalue weighted by Gasteiger charge is 2.22. The van der Waals surface area contributed by atoms with Crippen molar-refractivity contribution >= 4 is 17.8 Å². The number of rotatable bonds is 0. The van der Waals surface area contributed by atoms with E-state index in [0.29, 0.717) is 5.69 Å². The summed E-state index contributed by atoms with van der Waals surface area (Å²) in [6, 6.07) is -0.509. The predicted molar refractivity (Wildman–Crippen MR) is 42.8 cm³/mol. The molecular weight excluding hydrogens is 174 g/mol. The Kier molecular flexibility index (Phi) is 1.44. The fourth-order valence-corrected chi connectivity index (χ4v) is 1.10. The van der Waals surface area contributed by atoms with E-state index >= 15 is 0 Å². The normalized spacial score (nSPS) is 15.2. The molecule has 0 atom stereocenters. The second kappa shape index (κ2) is 2.47. The van der Waals surface area contributed by atoms with Crippen LogP contribution < -0.4 is 16.2 Å². The number of nitrogens with one attached hydrogen (secondary N) is 3. The monoisotopic (exact) mass is 181 g/mol. The molecule has 2 heterocycles. The number of aromatic nitrogens is 2. The number of imidazole rings is 1. The molecule has 0 unspecified atom stereocenters. The maximum Gasteiger partial charge on any atom is 0.339 e. The first-order valence-corrected chi connectivity index (χ1v) is 3.57. The summed E-state index contributed by atoms with van der Waals surface area (Å²) in [7, 11) is 1.67. The summed E-state index contributed by atoms with van der Waals surface area (Å²) in [6.45, 7) is 0. The predicted octanol–water partition coefficient (Wildman–Crippen LogP) is -0.800. The number of aryl methyl sites for hydroxylation is 1. The Morgan fingerprint density at radius 2 is 2.15 bits per heavy atom. The van der Waals surface area contributed by atoms with Crippen molar-refractivity contribution in [3.05, 3.63) is 12.0 Å². The zero-order valence-corrected chi connectivity index (χ0v) is 6.79. The summed E-state index contributed by atoms with van der Waals surface area (Å²) in [6.07, 6.45) is 1.45. The van der Waals surface area contributed by atoms with E-state index in [-0.39, 0.29) is 5.82 Å². The zero-order chi connectivity index (χ0) is 9.42. The van der Waals surface area contributed by atoms with Gasteiger partial charge in [0, 0.05) is 7.05 Å². The van der Waals surface area contributed by atoms with Crippen molar-refractivity contribution in [3.8, 4) is 0 Å². The quantitative estimate of drug-likeness (QED) is 0.489. The summed E-state index contributed by atoms with van der Waals surface area (Å²) in [4.78, 5) is 26.1. The summed E-state index contributed by atoms with van der Waals surface area (Å²) in [5.41, 5.74) is 4.69. The lowest BCUT2D eigenvalue weighted by molar-refractivity contribution is 0.0933. The molecule has 0 aliphatic carbocycles. The average Bonchev–Trinajstić information content (AvgIpc) is 2.36. The van der Waals surface area contributed by atoms with Gasteiger partial charge in [-0.3, -0.25) is 15.5 Å². The molecule has 68 valence electrons. The molecule has 7 heteroatoms. The number of carbonyl (C=O) groups is 2. The molecule has 0 bridgehead atoms. The van der Waals surface area contributed by atoms with Crippen LogP contribution in [0, 0.1) is 0 Å². The fourth-order valence-electron chi connectivity index (χ4n) is 1.10. The van der Waals surface area contributed by atoms with Crippen LogP contribution in [-0.2, 0) is 7.05 Å². The van der Waals surface area contributed by atoms with Crippen molar-refractivity contribution in [1.29, 1.82) is 0 Å². The maximum absolute atomic E-state index is 11.3. The molecule has 0 aromatic carbocycles. The molecule has 0 spiro atoms. The van der Waals surface area contributed by atoms with Crippen LogP contribution in [0.2, 0.25) is 0 Å². The minimum atomic E-state index is -0.509. The first-order chi connectivity index (χ1) is 6.18. The molecule has 1 aliphatic heterocycles. The number of amides is 3. The van der Waals surface area contributed by atoms with Gasteiger partial charge in [0.15, 0.2) is 11.5 Å². The number of hydrogen-bond acceptors (Lipinski definition) is 3. The number of urea groups is 1. The standard InChI is InChI=1S/C6H7N5O2/c1-11-2-7-4-3(11)5(12)9-10-6(13)8-4/h2H,1H3,(H,9,12)(H2,8,10,13). The van der Waals surface area contributed by atoms with E-state index in [2.05, 4.69) is 21.2 Å². The van der Waals surface area contributed by atoms with E-state index < -0.39 is 11.9 Å². The summed E-state index contributed by atoms with van der Waals surface area (Å²) in [5.74, 6) is -0.136. The topological polar surface area (TPSA) is 88.1 Å². The van der Waals surface area contributed by atoms with Crippen molar-refractivity contribution in [1.82, 2.24) is 20.4 Å². The Morgan fingerprint density at radius 3 is 2.92 bits per heavy atom. The highest BCUT2D eigenvalue weighted by molar-refractivity contribution is 6.04. The Hall–Kier alpha value is -2.05. The number of hydrazine groups is 1. The van der Waals surface area contributed by atoms with Crippen LogP contribution in [0.25, 0.3) is 0 Å². The maximum atomic E-state index is 11.3. The molecule has 1 aromatic rings. The van der Waals surface area contributed by atoms with Gasteiger partial charge in [-0.15, -0.1) is 0 Å². The number of anilines is 1. The van der Waals surface area contributed by atoms with Crippen LogP contribution in [0.5, 0.6) is 0 Å². The van der Waals surface area contributed by atoms with E-state index in [1.807, 2.05) is 0 Å². The van der Waals surface area contributed by atoms with Gasteiger partial charge in [-0.05, 0) is 0 Å². The number of hydrogen-bond donors (Lipinski definition) is 3. The van der Waals surface area contributed by atoms with Crippen LogP contribution in [-0.4, -0.2) is 21.5 Å². The smallest absolute Gasteiger partial charge is 0.328 e. The average molecular weight is 181 g/mol. The van der Waals surface area contributed by atoms with Crippen molar-refractivity contribution in [2.45, 2.75) is 0 Å². The molecule has 0 saturated carbocycles. The van der Waals surface area contributed by atoms with Gasteiger partial charge in [-0.25, -0.2) is 15.2 Å². The second-order valence-electron chi connectivity index (χ2n) is 2.59. The Bertz CT molecular complexity index is 382. The van der Waals surface area contributed by atoms with Crippen molar-refractivity contribution in [2.75, 3.05) is 5.32 Å². The molecule has 1 aliphatic rings. The van der Waals surface area contributed by atoms with Crippen LogP contribution >= 0.6 is 0 Å². The fraction of sp³-hybridized carbons (Fsp3) is 0.167. The van der Waals surface area contributed by atoms with E-state index in [4.69, 9.17) is 0 Å². The third kappa shape index (κ3) is 1.10. The van der Waals surface area contributed by atoms with E-state index in [1.165, 1.54) is 10.9 Å². The highest BCUT2D eigenvalue weighted by atomic mass is 16.2. The number of carbonyl (C=O) groups excluding carboxylic acids is 2. The lowest BCUT2D eigenvalue weighted by atomic mass is 10.4. The molecule has 13 heavy (non-hydrogen) atoms. The molecule has 1 aromatic heterocycles. The van der Waals surface area contributed by atoms with Crippen LogP contribution in [0.4, 0.5) is 10.6 Å². The van der Waals surface area contributed by atoms with Crippen molar-refractivity contribution in [3.63, 3.8) is 0 Å². The van der Waals surface area contributed by atoms with Gasteiger partial charge in [0.1, 0.15) is 0 Å². The van der Waals surface area contributed by atoms with Crippen LogP contribution in [0.15, 0.2) is 6.33 Å². The molecule has 3 N–H and O–H groups in total. The number of fused-ring (bicyclic) bond motifs is 1. The molecular formula is C6H7N5O2. The second-order valence-corrected chi connectivity index (χ2v) is 2.59. The van der Waals surface area contributed by atoms with Gasteiger partial charge in [0.05, 0.1) is 6.33 Å². The molecule has 7 nitrogen and oxygen atoms in total. The van der Waals surface area contributed by atoms with Crippen molar-refractivity contribution in [2.24, 2.45) is 7.05 Å². The molecule has 2 rings (SSSR count). The van der Waals surface area contributed by atoms with E-state index in [9.17, 15) is 9.59 Å². The first-order valence-electron chi connectivity index (χ1n) is 3.57. The highest BCUT2D eigenvalue weighted by Crippen LogP contribution is 2.12. The number of nitrogens with zero attached hydrogens (tertiary/aromatic N) is 2. The largest absolute Gasteiger partial charge is 0.339 e. The van der Waals surface area contributed by atoms with Gasteiger partial charge in [-0.1, -0.05) is 0 Å². The lowest BCUT2D eigenvalue weighted by Crippen LogP contribution is -2.41. The Morgan fingerprint density at radius 1 is 1.38 bits per heavy atom. The summed E-state index contributed by atoms with van der Waals surface area (Å²) in [5, 5.41) is 2.41. The molecule has 0 fully saturated rings. The third-order valence-corrected chi connectivity index (χ3v) is 1.67. The Balaban J connectivity index is 2.51. The van der Waals surface area contributed by atoms with Gasteiger partial charge >= 0.3 is 6.03 Å². The van der Waals surface area contributed by atoms with E-state index in [0.717, 1.165) is 0 Å². The van der Waals surface area contributed by atoms with Gasteiger partial charge < -0.3 is 4.57 Å². The molecule has 0 radical (unpaired) electrons. The summed E-state index contributed by atoms with van der Waals surface area (Å²) < 4.78 is 1.53. The zero-order valence-electron chi connectivity index (χ0n) is 6.79. The van der Waals surface area contributed by atoms with Gasteiger partial charge in [0.2, 0.25) is 0 Å². The Labute approximate surface area is 73.1 Å². The first kappa shape index (κ1) is 7.59. The van der Waals surface area contributed by atoms with Gasteiger partial charge in [-0.2, -0.15) is 0 Å². The van der Waals surface area contributed by atoms with Crippen molar-refractivity contribution < 1.29 is 9.59 Å². The van der Waals surface area contributed by atoms with E-state index in [1.54, 1.807) is 7.05 Å². The summed E-state index contributed by atoms with van der Waals surface area (Å²) >= 11 is 0. The molecule has 3 amide bonds. The minimum Gasteiger partial charge on any atom is -0.328 e. The SMILES string of the molecule is Cn1cnc2c1C(=O)NNC(=O)N2.